The lowest BCUT2D eigenvalue weighted by Gasteiger charge is -2.41. The van der Waals surface area contributed by atoms with Crippen LogP contribution in [-0.4, -0.2) is 58.9 Å². The zero-order valence-corrected chi connectivity index (χ0v) is 16.1. The van der Waals surface area contributed by atoms with E-state index in [2.05, 4.69) is 31.9 Å². The minimum absolute atomic E-state index is 0.162. The Morgan fingerprint density at radius 1 is 1.26 bits per heavy atom. The summed E-state index contributed by atoms with van der Waals surface area (Å²) >= 11 is 0. The van der Waals surface area contributed by atoms with Gasteiger partial charge in [0, 0.05) is 50.6 Å². The summed E-state index contributed by atoms with van der Waals surface area (Å²) in [6, 6.07) is 8.48. The maximum atomic E-state index is 9.52. The van der Waals surface area contributed by atoms with Crippen LogP contribution in [-0.2, 0) is 6.54 Å². The smallest absolute Gasteiger partial charge is 0.227 e. The molecule has 7 heteroatoms. The summed E-state index contributed by atoms with van der Waals surface area (Å²) in [6.07, 6.45) is 2.49. The number of hydrogen-bond donors (Lipinski definition) is 2. The molecule has 0 unspecified atom stereocenters. The van der Waals surface area contributed by atoms with E-state index >= 15 is 0 Å². The number of rotatable bonds is 7. The Morgan fingerprint density at radius 2 is 2.04 bits per heavy atom. The van der Waals surface area contributed by atoms with Gasteiger partial charge in [-0.15, -0.1) is 0 Å². The molecule has 1 aromatic heterocycles. The standard InChI is InChI=1S/C20H29N5O2/c1-3-27-18-6-4-16(5-7-18)13-24-9-10-25(14-17(24)8-11-26)20-22-12-15(2)19(21)23-20/h4-7,12,17,26H,3,8-11,13-14H2,1-2H3,(H2,21,22,23)/t17-/m0/s1. The Balaban J connectivity index is 1.67. The molecule has 3 rings (SSSR count). The zero-order valence-electron chi connectivity index (χ0n) is 16.1. The summed E-state index contributed by atoms with van der Waals surface area (Å²) in [4.78, 5) is 13.4. The lowest BCUT2D eigenvalue weighted by molar-refractivity contribution is 0.135. The van der Waals surface area contributed by atoms with Crippen molar-refractivity contribution in [3.05, 3.63) is 41.6 Å². The molecule has 7 nitrogen and oxygen atoms in total. The molecule has 0 spiro atoms. The van der Waals surface area contributed by atoms with Crippen molar-refractivity contribution in [3.8, 4) is 5.75 Å². The Labute approximate surface area is 160 Å². The van der Waals surface area contributed by atoms with E-state index in [4.69, 9.17) is 10.5 Å². The highest BCUT2D eigenvalue weighted by Gasteiger charge is 2.28. The van der Waals surface area contributed by atoms with Gasteiger partial charge >= 0.3 is 0 Å². The molecule has 0 radical (unpaired) electrons. The topological polar surface area (TPSA) is 87.7 Å². The first-order chi connectivity index (χ1) is 13.1. The molecule has 0 aliphatic carbocycles. The molecule has 3 N–H and O–H groups in total. The molecular formula is C20H29N5O2. The van der Waals surface area contributed by atoms with Crippen molar-refractivity contribution in [3.63, 3.8) is 0 Å². The maximum Gasteiger partial charge on any atom is 0.227 e. The van der Waals surface area contributed by atoms with E-state index in [0.717, 1.165) is 43.9 Å². The Hall–Kier alpha value is -2.38. The summed E-state index contributed by atoms with van der Waals surface area (Å²) < 4.78 is 5.51. The molecule has 1 aromatic carbocycles. The highest BCUT2D eigenvalue weighted by molar-refractivity contribution is 5.44. The fourth-order valence-corrected chi connectivity index (χ4v) is 3.40. The van der Waals surface area contributed by atoms with Crippen molar-refractivity contribution < 1.29 is 9.84 Å². The molecule has 0 amide bonds. The number of ether oxygens (including phenoxy) is 1. The van der Waals surface area contributed by atoms with Crippen LogP contribution in [0.3, 0.4) is 0 Å². The van der Waals surface area contributed by atoms with Crippen LogP contribution in [0.25, 0.3) is 0 Å². The number of anilines is 2. The second kappa shape index (κ2) is 9.01. The zero-order chi connectivity index (χ0) is 19.2. The van der Waals surface area contributed by atoms with Crippen molar-refractivity contribution in [1.82, 2.24) is 14.9 Å². The number of aromatic nitrogens is 2. The second-order valence-electron chi connectivity index (χ2n) is 6.90. The molecule has 27 heavy (non-hydrogen) atoms. The van der Waals surface area contributed by atoms with Gasteiger partial charge in [-0.25, -0.2) is 4.98 Å². The van der Waals surface area contributed by atoms with Gasteiger partial charge in [-0.1, -0.05) is 12.1 Å². The van der Waals surface area contributed by atoms with Crippen LogP contribution in [0.2, 0.25) is 0 Å². The third-order valence-electron chi connectivity index (χ3n) is 4.97. The Bertz CT molecular complexity index is 738. The highest BCUT2D eigenvalue weighted by Crippen LogP contribution is 2.22. The van der Waals surface area contributed by atoms with Crippen molar-refractivity contribution in [1.29, 1.82) is 0 Å². The average Bonchev–Trinajstić information content (AvgIpc) is 2.67. The molecule has 2 aromatic rings. The van der Waals surface area contributed by atoms with E-state index in [-0.39, 0.29) is 12.6 Å². The number of nitrogens with zero attached hydrogens (tertiary/aromatic N) is 4. The van der Waals surface area contributed by atoms with E-state index in [1.54, 1.807) is 6.20 Å². The summed E-state index contributed by atoms with van der Waals surface area (Å²) in [5.41, 5.74) is 8.08. The van der Waals surface area contributed by atoms with Crippen molar-refractivity contribution in [2.24, 2.45) is 0 Å². The number of nitrogens with two attached hydrogens (primary N) is 1. The van der Waals surface area contributed by atoms with E-state index in [0.29, 0.717) is 18.4 Å². The first-order valence-electron chi connectivity index (χ1n) is 9.51. The first kappa shape index (κ1) is 19.4. The fourth-order valence-electron chi connectivity index (χ4n) is 3.40. The lowest BCUT2D eigenvalue weighted by atomic mass is 10.1. The van der Waals surface area contributed by atoms with Crippen LogP contribution < -0.4 is 15.4 Å². The van der Waals surface area contributed by atoms with Gasteiger partial charge in [0.2, 0.25) is 5.95 Å². The molecule has 146 valence electrons. The summed E-state index contributed by atoms with van der Waals surface area (Å²) in [5, 5.41) is 9.52. The molecule has 0 saturated carbocycles. The number of nitrogen functional groups attached to an aromatic ring is 1. The van der Waals surface area contributed by atoms with Gasteiger partial charge in [0.1, 0.15) is 11.6 Å². The number of piperazine rings is 1. The predicted molar refractivity (Wildman–Crippen MR) is 107 cm³/mol. The van der Waals surface area contributed by atoms with Crippen molar-refractivity contribution >= 4 is 11.8 Å². The summed E-state index contributed by atoms with van der Waals surface area (Å²) in [5.74, 6) is 2.09. The lowest BCUT2D eigenvalue weighted by Crippen LogP contribution is -2.53. The van der Waals surface area contributed by atoms with Gasteiger partial charge in [-0.2, -0.15) is 4.98 Å². The number of benzene rings is 1. The fraction of sp³-hybridized carbons (Fsp3) is 0.500. The normalized spacial score (nSPS) is 17.9. The molecular weight excluding hydrogens is 342 g/mol. The summed E-state index contributed by atoms with van der Waals surface area (Å²) in [6.45, 7) is 8.07. The highest BCUT2D eigenvalue weighted by atomic mass is 16.5. The maximum absolute atomic E-state index is 9.52. The van der Waals surface area contributed by atoms with Gasteiger partial charge in [-0.3, -0.25) is 4.90 Å². The molecule has 1 aliphatic heterocycles. The summed E-state index contributed by atoms with van der Waals surface area (Å²) in [7, 11) is 0. The third-order valence-corrected chi connectivity index (χ3v) is 4.97. The number of aliphatic hydroxyl groups excluding tert-OH is 1. The molecule has 0 bridgehead atoms. The average molecular weight is 371 g/mol. The monoisotopic (exact) mass is 371 g/mol. The number of aliphatic hydroxyl groups is 1. The molecule has 1 fully saturated rings. The van der Waals surface area contributed by atoms with E-state index < -0.39 is 0 Å². The van der Waals surface area contributed by atoms with E-state index in [9.17, 15) is 5.11 Å². The van der Waals surface area contributed by atoms with Crippen LogP contribution >= 0.6 is 0 Å². The van der Waals surface area contributed by atoms with Crippen LogP contribution in [0.5, 0.6) is 5.75 Å². The van der Waals surface area contributed by atoms with Gasteiger partial charge in [0.15, 0.2) is 0 Å². The largest absolute Gasteiger partial charge is 0.494 e. The van der Waals surface area contributed by atoms with Crippen LogP contribution in [0.4, 0.5) is 11.8 Å². The van der Waals surface area contributed by atoms with Crippen LogP contribution in [0.1, 0.15) is 24.5 Å². The van der Waals surface area contributed by atoms with E-state index in [1.165, 1.54) is 5.56 Å². The minimum Gasteiger partial charge on any atom is -0.494 e. The predicted octanol–water partition coefficient (Wildman–Crippen LogP) is 1.84. The van der Waals surface area contributed by atoms with Crippen molar-refractivity contribution in [2.75, 3.05) is 43.5 Å². The number of hydrogen-bond acceptors (Lipinski definition) is 7. The molecule has 2 heterocycles. The molecule has 1 saturated heterocycles. The first-order valence-corrected chi connectivity index (χ1v) is 9.51. The molecule has 1 atom stereocenters. The minimum atomic E-state index is 0.162. The van der Waals surface area contributed by atoms with Crippen LogP contribution in [0, 0.1) is 6.92 Å². The van der Waals surface area contributed by atoms with Gasteiger partial charge in [0.05, 0.1) is 6.61 Å². The van der Waals surface area contributed by atoms with Crippen molar-refractivity contribution in [2.45, 2.75) is 32.9 Å². The van der Waals surface area contributed by atoms with Gasteiger partial charge in [-0.05, 0) is 38.0 Å². The quantitative estimate of drug-likeness (QED) is 0.768. The Kier molecular flexibility index (Phi) is 6.47. The van der Waals surface area contributed by atoms with Gasteiger partial charge in [0.25, 0.3) is 0 Å². The Morgan fingerprint density at radius 3 is 2.70 bits per heavy atom. The van der Waals surface area contributed by atoms with Gasteiger partial charge < -0.3 is 20.5 Å². The number of aryl methyl sites for hydroxylation is 1. The van der Waals surface area contributed by atoms with E-state index in [1.807, 2.05) is 26.0 Å². The molecule has 1 aliphatic rings. The second-order valence-corrected chi connectivity index (χ2v) is 6.90. The SMILES string of the molecule is CCOc1ccc(CN2CCN(c3ncc(C)c(N)n3)C[C@@H]2CCO)cc1. The third kappa shape index (κ3) is 4.87. The van der Waals surface area contributed by atoms with Crippen LogP contribution in [0.15, 0.2) is 30.5 Å².